The van der Waals surface area contributed by atoms with Crippen molar-refractivity contribution in [3.63, 3.8) is 0 Å². The Morgan fingerprint density at radius 2 is 2.31 bits per heavy atom. The summed E-state index contributed by atoms with van der Waals surface area (Å²) in [5, 5.41) is 0. The predicted molar refractivity (Wildman–Crippen MR) is 48.0 cm³/mol. The molecule has 0 fully saturated rings. The van der Waals surface area contributed by atoms with Crippen LogP contribution in [-0.4, -0.2) is 9.97 Å². The topological polar surface area (TPSA) is 64.9 Å². The molecule has 4 nitrogen and oxygen atoms in total. The molecular formula is C9H9N3O. The largest absolute Gasteiger partial charge is 0.469 e. The summed E-state index contributed by atoms with van der Waals surface area (Å²) < 4.78 is 5.18. The number of furan rings is 1. The number of hydrogen-bond acceptors (Lipinski definition) is 4. The molecule has 0 amide bonds. The molecule has 66 valence electrons. The number of nitrogens with two attached hydrogens (primary N) is 1. The quantitative estimate of drug-likeness (QED) is 0.745. The Morgan fingerprint density at radius 1 is 1.38 bits per heavy atom. The Kier molecular flexibility index (Phi) is 1.96. The zero-order chi connectivity index (χ0) is 9.10. The minimum atomic E-state index is 0.295. The molecule has 4 heteroatoms. The summed E-state index contributed by atoms with van der Waals surface area (Å²) in [7, 11) is 0. The molecule has 0 saturated carbocycles. The Balaban J connectivity index is 2.19. The van der Waals surface area contributed by atoms with Gasteiger partial charge in [-0.05, 0) is 18.2 Å². The van der Waals surface area contributed by atoms with Crippen molar-refractivity contribution in [2.45, 2.75) is 6.42 Å². The van der Waals surface area contributed by atoms with Gasteiger partial charge in [-0.15, -0.1) is 0 Å². The van der Waals surface area contributed by atoms with Crippen LogP contribution in [0.3, 0.4) is 0 Å². The van der Waals surface area contributed by atoms with Gasteiger partial charge in [-0.2, -0.15) is 0 Å². The molecule has 2 rings (SSSR count). The minimum Gasteiger partial charge on any atom is -0.469 e. The van der Waals surface area contributed by atoms with Crippen LogP contribution in [0.5, 0.6) is 0 Å². The van der Waals surface area contributed by atoms with Gasteiger partial charge in [0, 0.05) is 12.6 Å². The van der Waals surface area contributed by atoms with Gasteiger partial charge in [0.2, 0.25) is 5.95 Å². The summed E-state index contributed by atoms with van der Waals surface area (Å²) in [5.74, 6) is 1.17. The van der Waals surface area contributed by atoms with Crippen LogP contribution in [0.2, 0.25) is 0 Å². The second-order valence-electron chi connectivity index (χ2n) is 2.66. The van der Waals surface area contributed by atoms with Crippen LogP contribution in [0, 0.1) is 0 Å². The second kappa shape index (κ2) is 3.26. The van der Waals surface area contributed by atoms with Crippen molar-refractivity contribution >= 4 is 5.95 Å². The normalized spacial score (nSPS) is 10.2. The zero-order valence-electron chi connectivity index (χ0n) is 6.97. The maximum absolute atomic E-state index is 5.43. The van der Waals surface area contributed by atoms with E-state index in [2.05, 4.69) is 9.97 Å². The fourth-order valence-electron chi connectivity index (χ4n) is 1.10. The van der Waals surface area contributed by atoms with Gasteiger partial charge in [-0.1, -0.05) is 0 Å². The number of hydrogen-bond donors (Lipinski definition) is 1. The lowest BCUT2D eigenvalue weighted by molar-refractivity contribution is 0.519. The molecule has 0 aliphatic carbocycles. The van der Waals surface area contributed by atoms with E-state index >= 15 is 0 Å². The molecule has 13 heavy (non-hydrogen) atoms. The van der Waals surface area contributed by atoms with Crippen LogP contribution < -0.4 is 5.73 Å². The first-order valence-electron chi connectivity index (χ1n) is 3.94. The average Bonchev–Trinajstić information content (AvgIpc) is 2.57. The molecule has 2 aromatic heterocycles. The van der Waals surface area contributed by atoms with Crippen molar-refractivity contribution in [1.29, 1.82) is 0 Å². The van der Waals surface area contributed by atoms with Crippen molar-refractivity contribution in [1.82, 2.24) is 9.97 Å². The highest BCUT2D eigenvalue weighted by molar-refractivity contribution is 5.20. The van der Waals surface area contributed by atoms with Gasteiger partial charge in [-0.25, -0.2) is 9.97 Å². The summed E-state index contributed by atoms with van der Waals surface area (Å²) in [6.45, 7) is 0. The molecule has 2 heterocycles. The highest BCUT2D eigenvalue weighted by atomic mass is 16.3. The number of rotatable bonds is 2. The third-order valence-electron chi connectivity index (χ3n) is 1.67. The van der Waals surface area contributed by atoms with Gasteiger partial charge in [0.1, 0.15) is 5.76 Å². The lowest BCUT2D eigenvalue weighted by atomic mass is 10.2. The zero-order valence-corrected chi connectivity index (χ0v) is 6.97. The van der Waals surface area contributed by atoms with Crippen LogP contribution in [0.25, 0.3) is 0 Å². The minimum absolute atomic E-state index is 0.295. The third-order valence-corrected chi connectivity index (χ3v) is 1.67. The van der Waals surface area contributed by atoms with E-state index in [-0.39, 0.29) is 0 Å². The van der Waals surface area contributed by atoms with E-state index in [4.69, 9.17) is 10.2 Å². The molecule has 2 N–H and O–H groups in total. The van der Waals surface area contributed by atoms with Crippen LogP contribution in [-0.2, 0) is 6.42 Å². The Hall–Kier alpha value is -1.84. The molecular weight excluding hydrogens is 166 g/mol. The Morgan fingerprint density at radius 3 is 3.00 bits per heavy atom. The molecule has 0 spiro atoms. The highest BCUT2D eigenvalue weighted by Gasteiger charge is 2.00. The van der Waals surface area contributed by atoms with E-state index in [1.54, 1.807) is 12.5 Å². The Labute approximate surface area is 75.4 Å². The van der Waals surface area contributed by atoms with Crippen LogP contribution >= 0.6 is 0 Å². The van der Waals surface area contributed by atoms with E-state index in [1.807, 2.05) is 18.2 Å². The lowest BCUT2D eigenvalue weighted by Gasteiger charge is -1.97. The van der Waals surface area contributed by atoms with Crippen LogP contribution in [0.4, 0.5) is 5.95 Å². The molecule has 0 radical (unpaired) electrons. The molecule has 0 saturated heterocycles. The van der Waals surface area contributed by atoms with Gasteiger partial charge in [-0.3, -0.25) is 0 Å². The molecule has 2 aromatic rings. The van der Waals surface area contributed by atoms with Crippen molar-refractivity contribution in [2.24, 2.45) is 0 Å². The van der Waals surface area contributed by atoms with Gasteiger partial charge >= 0.3 is 0 Å². The summed E-state index contributed by atoms with van der Waals surface area (Å²) in [5.41, 5.74) is 6.30. The molecule has 0 unspecified atom stereocenters. The monoisotopic (exact) mass is 175 g/mol. The average molecular weight is 175 g/mol. The summed E-state index contributed by atoms with van der Waals surface area (Å²) in [4.78, 5) is 7.86. The fourth-order valence-corrected chi connectivity index (χ4v) is 1.10. The maximum atomic E-state index is 5.43. The maximum Gasteiger partial charge on any atom is 0.220 e. The highest BCUT2D eigenvalue weighted by Crippen LogP contribution is 2.07. The molecule has 0 aliphatic heterocycles. The molecule has 0 atom stereocenters. The Bertz CT molecular complexity index is 384. The first kappa shape index (κ1) is 7.79. The van der Waals surface area contributed by atoms with Crippen molar-refractivity contribution in [3.8, 4) is 0 Å². The van der Waals surface area contributed by atoms with E-state index < -0.39 is 0 Å². The first-order valence-corrected chi connectivity index (χ1v) is 3.94. The number of nitrogen functional groups attached to an aromatic ring is 1. The molecule has 0 aliphatic rings. The van der Waals surface area contributed by atoms with Crippen molar-refractivity contribution in [3.05, 3.63) is 42.1 Å². The van der Waals surface area contributed by atoms with E-state index in [1.165, 1.54) is 0 Å². The number of nitrogens with zero attached hydrogens (tertiary/aromatic N) is 2. The van der Waals surface area contributed by atoms with E-state index in [9.17, 15) is 0 Å². The first-order chi connectivity index (χ1) is 6.34. The molecule has 0 aromatic carbocycles. The number of aromatic nitrogens is 2. The summed E-state index contributed by atoms with van der Waals surface area (Å²) >= 11 is 0. The summed E-state index contributed by atoms with van der Waals surface area (Å²) in [6, 6.07) is 5.57. The fraction of sp³-hybridized carbons (Fsp3) is 0.111. The predicted octanol–water partition coefficient (Wildman–Crippen LogP) is 1.24. The van der Waals surface area contributed by atoms with Crippen LogP contribution in [0.15, 0.2) is 35.1 Å². The second-order valence-corrected chi connectivity index (χ2v) is 2.66. The van der Waals surface area contributed by atoms with E-state index in [0.717, 1.165) is 11.5 Å². The molecule has 0 bridgehead atoms. The lowest BCUT2D eigenvalue weighted by Crippen LogP contribution is -1.98. The van der Waals surface area contributed by atoms with E-state index in [0.29, 0.717) is 12.4 Å². The number of anilines is 1. The van der Waals surface area contributed by atoms with Gasteiger partial charge in [0.25, 0.3) is 0 Å². The smallest absolute Gasteiger partial charge is 0.220 e. The third kappa shape index (κ3) is 1.84. The van der Waals surface area contributed by atoms with Gasteiger partial charge in [0.15, 0.2) is 0 Å². The van der Waals surface area contributed by atoms with Crippen LogP contribution in [0.1, 0.15) is 11.5 Å². The van der Waals surface area contributed by atoms with Crippen molar-refractivity contribution in [2.75, 3.05) is 5.73 Å². The van der Waals surface area contributed by atoms with Crippen molar-refractivity contribution < 1.29 is 4.42 Å². The SMILES string of the molecule is Nc1nccc(Cc2ccco2)n1. The van der Waals surface area contributed by atoms with Gasteiger partial charge < -0.3 is 10.2 Å². The standard InChI is InChI=1S/C9H9N3O/c10-9-11-4-3-7(12-9)6-8-2-1-5-13-8/h1-5H,6H2,(H2,10,11,12). The van der Waals surface area contributed by atoms with Gasteiger partial charge in [0.05, 0.1) is 12.0 Å². The summed E-state index contributed by atoms with van der Waals surface area (Å²) in [6.07, 6.45) is 3.93.